The van der Waals surface area contributed by atoms with Crippen molar-refractivity contribution < 1.29 is 0 Å². The zero-order chi connectivity index (χ0) is 15.0. The molecular formula is C16H32N4. The van der Waals surface area contributed by atoms with Crippen molar-refractivity contribution in [3.63, 3.8) is 0 Å². The lowest BCUT2D eigenvalue weighted by Gasteiger charge is -2.31. The molecule has 20 heavy (non-hydrogen) atoms. The number of hydrogen-bond acceptors (Lipinski definition) is 4. The normalized spacial score (nSPS) is 26.4. The SMILES string of the molecule is CCCN(CCC1CCCC1(C#N)NC)CCN(C)C. The lowest BCUT2D eigenvalue weighted by atomic mass is 9.86. The quantitative estimate of drug-likeness (QED) is 0.701. The summed E-state index contributed by atoms with van der Waals surface area (Å²) < 4.78 is 0. The summed E-state index contributed by atoms with van der Waals surface area (Å²) in [6.07, 6.45) is 5.73. The Morgan fingerprint density at radius 2 is 2.00 bits per heavy atom. The van der Waals surface area contributed by atoms with Gasteiger partial charge in [0.2, 0.25) is 0 Å². The van der Waals surface area contributed by atoms with Gasteiger partial charge in [-0.25, -0.2) is 0 Å². The van der Waals surface area contributed by atoms with Gasteiger partial charge < -0.3 is 15.1 Å². The van der Waals surface area contributed by atoms with Crippen LogP contribution in [0.5, 0.6) is 0 Å². The van der Waals surface area contributed by atoms with Gasteiger partial charge in [-0.15, -0.1) is 0 Å². The van der Waals surface area contributed by atoms with Crippen LogP contribution >= 0.6 is 0 Å². The molecule has 0 aliphatic heterocycles. The summed E-state index contributed by atoms with van der Waals surface area (Å²) in [6.45, 7) is 6.77. The molecule has 1 rings (SSSR count). The fraction of sp³-hybridized carbons (Fsp3) is 0.938. The second-order valence-corrected chi connectivity index (χ2v) is 6.36. The van der Waals surface area contributed by atoms with E-state index in [0.29, 0.717) is 5.92 Å². The predicted octanol–water partition coefficient (Wildman–Crippen LogP) is 1.93. The lowest BCUT2D eigenvalue weighted by molar-refractivity contribution is 0.209. The summed E-state index contributed by atoms with van der Waals surface area (Å²) >= 11 is 0. The van der Waals surface area contributed by atoms with E-state index in [4.69, 9.17) is 0 Å². The maximum absolute atomic E-state index is 9.50. The van der Waals surface area contributed by atoms with Gasteiger partial charge in [-0.3, -0.25) is 0 Å². The Bertz CT molecular complexity index is 310. The van der Waals surface area contributed by atoms with Gasteiger partial charge in [0.25, 0.3) is 0 Å². The Kier molecular flexibility index (Phi) is 7.50. The molecule has 0 radical (unpaired) electrons. The van der Waals surface area contributed by atoms with Gasteiger partial charge in [-0.2, -0.15) is 5.26 Å². The molecular weight excluding hydrogens is 248 g/mol. The third-order valence-electron chi connectivity index (χ3n) is 4.66. The molecule has 1 aliphatic rings. The van der Waals surface area contributed by atoms with Gasteiger partial charge in [0, 0.05) is 13.1 Å². The minimum absolute atomic E-state index is 0.264. The molecule has 2 unspecified atom stereocenters. The number of likely N-dealkylation sites (N-methyl/N-ethyl adjacent to an activating group) is 1. The van der Waals surface area contributed by atoms with Gasteiger partial charge >= 0.3 is 0 Å². The Labute approximate surface area is 125 Å². The maximum Gasteiger partial charge on any atom is 0.109 e. The highest BCUT2D eigenvalue weighted by Crippen LogP contribution is 2.37. The van der Waals surface area contributed by atoms with Gasteiger partial charge in [0.15, 0.2) is 0 Å². The minimum Gasteiger partial charge on any atom is -0.308 e. The van der Waals surface area contributed by atoms with Crippen molar-refractivity contribution in [2.24, 2.45) is 5.92 Å². The molecule has 4 nitrogen and oxygen atoms in total. The molecule has 1 N–H and O–H groups in total. The Morgan fingerprint density at radius 3 is 2.55 bits per heavy atom. The van der Waals surface area contributed by atoms with E-state index in [0.717, 1.165) is 32.5 Å². The second-order valence-electron chi connectivity index (χ2n) is 6.36. The van der Waals surface area contributed by atoms with E-state index in [-0.39, 0.29) is 5.54 Å². The highest BCUT2D eigenvalue weighted by Gasteiger charge is 2.41. The Balaban J connectivity index is 2.47. The molecule has 0 amide bonds. The predicted molar refractivity (Wildman–Crippen MR) is 84.6 cm³/mol. The van der Waals surface area contributed by atoms with Crippen molar-refractivity contribution in [1.82, 2.24) is 15.1 Å². The monoisotopic (exact) mass is 280 g/mol. The minimum atomic E-state index is -0.264. The van der Waals surface area contributed by atoms with Crippen LogP contribution in [0.25, 0.3) is 0 Å². The topological polar surface area (TPSA) is 42.3 Å². The number of nitriles is 1. The molecule has 1 saturated carbocycles. The maximum atomic E-state index is 9.50. The summed E-state index contributed by atoms with van der Waals surface area (Å²) in [7, 11) is 6.20. The fourth-order valence-electron chi connectivity index (χ4n) is 3.33. The molecule has 4 heteroatoms. The third-order valence-corrected chi connectivity index (χ3v) is 4.66. The molecule has 0 spiro atoms. The van der Waals surface area contributed by atoms with E-state index in [1.807, 2.05) is 7.05 Å². The molecule has 2 atom stereocenters. The van der Waals surface area contributed by atoms with Crippen molar-refractivity contribution in [2.75, 3.05) is 47.3 Å². The highest BCUT2D eigenvalue weighted by molar-refractivity contribution is 5.13. The van der Waals surface area contributed by atoms with E-state index >= 15 is 0 Å². The molecule has 1 aliphatic carbocycles. The number of hydrogen-bond donors (Lipinski definition) is 1. The molecule has 0 saturated heterocycles. The van der Waals surface area contributed by atoms with Gasteiger partial charge in [-0.1, -0.05) is 13.3 Å². The van der Waals surface area contributed by atoms with Crippen LogP contribution in [0, 0.1) is 17.2 Å². The number of nitrogens with zero attached hydrogens (tertiary/aromatic N) is 3. The summed E-state index contributed by atoms with van der Waals surface area (Å²) in [4.78, 5) is 4.79. The Morgan fingerprint density at radius 1 is 1.25 bits per heavy atom. The van der Waals surface area contributed by atoms with Gasteiger partial charge in [0.1, 0.15) is 5.54 Å². The first-order chi connectivity index (χ1) is 9.57. The lowest BCUT2D eigenvalue weighted by Crippen LogP contribution is -2.46. The molecule has 0 heterocycles. The first-order valence-corrected chi connectivity index (χ1v) is 8.05. The van der Waals surface area contributed by atoms with Crippen LogP contribution in [0.4, 0.5) is 0 Å². The van der Waals surface area contributed by atoms with E-state index in [9.17, 15) is 5.26 Å². The molecule has 0 aromatic rings. The number of rotatable bonds is 9. The first kappa shape index (κ1) is 17.4. The number of nitrogens with one attached hydrogen (secondary N) is 1. The van der Waals surface area contributed by atoms with Crippen LogP contribution in [0.15, 0.2) is 0 Å². The zero-order valence-electron chi connectivity index (χ0n) is 13.8. The average Bonchev–Trinajstić information content (AvgIpc) is 2.85. The first-order valence-electron chi connectivity index (χ1n) is 8.05. The van der Waals surface area contributed by atoms with E-state index in [1.54, 1.807) is 0 Å². The van der Waals surface area contributed by atoms with Crippen LogP contribution in [-0.4, -0.2) is 62.7 Å². The van der Waals surface area contributed by atoms with Gasteiger partial charge in [-0.05, 0) is 65.8 Å². The van der Waals surface area contributed by atoms with E-state index < -0.39 is 0 Å². The van der Waals surface area contributed by atoms with Crippen molar-refractivity contribution in [2.45, 2.75) is 44.6 Å². The van der Waals surface area contributed by atoms with Crippen molar-refractivity contribution >= 4 is 0 Å². The fourth-order valence-corrected chi connectivity index (χ4v) is 3.33. The van der Waals surface area contributed by atoms with E-state index in [1.165, 1.54) is 25.8 Å². The molecule has 1 fully saturated rings. The largest absolute Gasteiger partial charge is 0.308 e. The Hall–Kier alpha value is -0.630. The van der Waals surface area contributed by atoms with Crippen LogP contribution in [0.2, 0.25) is 0 Å². The summed E-state index contributed by atoms with van der Waals surface area (Å²) in [6, 6.07) is 2.55. The highest BCUT2D eigenvalue weighted by atomic mass is 15.2. The standard InChI is InChI=1S/C16H32N4/c1-5-10-20(13-12-19(3)4)11-8-15-7-6-9-16(15,14-17)18-2/h15,18H,5-13H2,1-4H3. The molecule has 0 aromatic carbocycles. The van der Waals surface area contributed by atoms with Crippen molar-refractivity contribution in [3.05, 3.63) is 0 Å². The van der Waals surface area contributed by atoms with E-state index in [2.05, 4.69) is 42.2 Å². The molecule has 0 bridgehead atoms. The summed E-state index contributed by atoms with van der Waals surface area (Å²) in [5.41, 5.74) is -0.264. The average molecular weight is 280 g/mol. The van der Waals surface area contributed by atoms with Crippen molar-refractivity contribution in [3.8, 4) is 6.07 Å². The third kappa shape index (κ3) is 4.73. The summed E-state index contributed by atoms with van der Waals surface area (Å²) in [5.74, 6) is 0.510. The van der Waals surface area contributed by atoms with Crippen LogP contribution in [0.3, 0.4) is 0 Å². The van der Waals surface area contributed by atoms with Crippen molar-refractivity contribution in [1.29, 1.82) is 5.26 Å². The zero-order valence-corrected chi connectivity index (χ0v) is 13.8. The summed E-state index contributed by atoms with van der Waals surface area (Å²) in [5, 5.41) is 12.8. The molecule has 116 valence electrons. The van der Waals surface area contributed by atoms with Gasteiger partial charge in [0.05, 0.1) is 6.07 Å². The smallest absolute Gasteiger partial charge is 0.109 e. The second kappa shape index (κ2) is 8.61. The van der Waals surface area contributed by atoms with Crippen LogP contribution < -0.4 is 5.32 Å². The van der Waals surface area contributed by atoms with Crippen LogP contribution in [-0.2, 0) is 0 Å². The molecule has 0 aromatic heterocycles. The van der Waals surface area contributed by atoms with Crippen LogP contribution in [0.1, 0.15) is 39.0 Å².